The highest BCUT2D eigenvalue weighted by Crippen LogP contribution is 2.27. The number of hydrogen-bond acceptors (Lipinski definition) is 5. The van der Waals surface area contributed by atoms with Crippen LogP contribution in [0.4, 0.5) is 5.95 Å². The molecule has 1 aromatic rings. The molecule has 2 rings (SSSR count). The van der Waals surface area contributed by atoms with Gasteiger partial charge < -0.3 is 15.4 Å². The minimum Gasteiger partial charge on any atom is -0.481 e. The zero-order valence-corrected chi connectivity index (χ0v) is 11.2. The van der Waals surface area contributed by atoms with Crippen LogP contribution in [0.2, 0.25) is 0 Å². The number of rotatable bonds is 4. The van der Waals surface area contributed by atoms with Crippen molar-refractivity contribution in [3.8, 4) is 5.88 Å². The van der Waals surface area contributed by atoms with Crippen molar-refractivity contribution in [1.82, 2.24) is 9.97 Å². The van der Waals surface area contributed by atoms with Gasteiger partial charge in [-0.1, -0.05) is 13.3 Å². The summed E-state index contributed by atoms with van der Waals surface area (Å²) in [6, 6.07) is 2.11. The van der Waals surface area contributed by atoms with Crippen molar-refractivity contribution >= 4 is 5.95 Å². The van der Waals surface area contributed by atoms with Gasteiger partial charge in [-0.05, 0) is 18.8 Å². The summed E-state index contributed by atoms with van der Waals surface area (Å²) in [7, 11) is 1.62. The van der Waals surface area contributed by atoms with E-state index in [9.17, 15) is 0 Å². The highest BCUT2D eigenvalue weighted by molar-refractivity contribution is 5.34. The molecule has 2 unspecified atom stereocenters. The maximum Gasteiger partial charge on any atom is 0.228 e. The first-order valence-corrected chi connectivity index (χ1v) is 6.62. The van der Waals surface area contributed by atoms with E-state index in [0.29, 0.717) is 18.5 Å². The average Bonchev–Trinajstić information content (AvgIpc) is 2.46. The number of methoxy groups -OCH3 is 1. The van der Waals surface area contributed by atoms with Crippen molar-refractivity contribution in [1.29, 1.82) is 0 Å². The summed E-state index contributed by atoms with van der Waals surface area (Å²) in [6.07, 6.45) is 5.28. The van der Waals surface area contributed by atoms with Crippen LogP contribution in [-0.2, 0) is 0 Å². The predicted molar refractivity (Wildman–Crippen MR) is 71.8 cm³/mol. The largest absolute Gasteiger partial charge is 0.481 e. The molecule has 0 radical (unpaired) electrons. The third kappa shape index (κ3) is 2.72. The van der Waals surface area contributed by atoms with Crippen molar-refractivity contribution in [2.24, 2.45) is 11.7 Å². The van der Waals surface area contributed by atoms with Crippen LogP contribution in [0.5, 0.6) is 5.88 Å². The van der Waals surface area contributed by atoms with Crippen LogP contribution in [-0.4, -0.2) is 36.2 Å². The van der Waals surface area contributed by atoms with E-state index in [2.05, 4.69) is 21.8 Å². The number of piperidine rings is 1. The number of hydrogen-bond donors (Lipinski definition) is 1. The van der Waals surface area contributed by atoms with Crippen LogP contribution in [0.15, 0.2) is 12.3 Å². The van der Waals surface area contributed by atoms with Crippen LogP contribution >= 0.6 is 0 Å². The zero-order valence-electron chi connectivity index (χ0n) is 11.2. The first-order valence-electron chi connectivity index (χ1n) is 6.62. The molecule has 2 N–H and O–H groups in total. The third-order valence-electron chi connectivity index (χ3n) is 3.76. The molecule has 5 heteroatoms. The summed E-state index contributed by atoms with van der Waals surface area (Å²) >= 11 is 0. The number of nitrogens with two attached hydrogens (primary N) is 1. The fourth-order valence-electron chi connectivity index (χ4n) is 2.58. The smallest absolute Gasteiger partial charge is 0.228 e. The van der Waals surface area contributed by atoms with E-state index in [1.165, 1.54) is 12.8 Å². The Bertz CT molecular complexity index is 385. The maximum absolute atomic E-state index is 5.89. The number of nitrogens with zero attached hydrogens (tertiary/aromatic N) is 3. The first-order chi connectivity index (χ1) is 8.78. The van der Waals surface area contributed by atoms with Gasteiger partial charge >= 0.3 is 0 Å². The quantitative estimate of drug-likeness (QED) is 0.876. The number of anilines is 1. The molecular weight excluding hydrogens is 228 g/mol. The SMILES string of the molecule is CCC1CCN(c2nccc(OC)n2)C(CN)C1. The van der Waals surface area contributed by atoms with Gasteiger partial charge in [0, 0.05) is 31.4 Å². The summed E-state index contributed by atoms with van der Waals surface area (Å²) in [5, 5.41) is 0. The molecule has 0 aromatic carbocycles. The molecule has 0 spiro atoms. The molecule has 1 aromatic heterocycles. The fraction of sp³-hybridized carbons (Fsp3) is 0.692. The summed E-state index contributed by atoms with van der Waals surface area (Å²) in [4.78, 5) is 11.0. The number of ether oxygens (including phenoxy) is 1. The highest BCUT2D eigenvalue weighted by Gasteiger charge is 2.28. The Labute approximate surface area is 108 Å². The van der Waals surface area contributed by atoms with Crippen molar-refractivity contribution < 1.29 is 4.74 Å². The van der Waals surface area contributed by atoms with Crippen molar-refractivity contribution in [3.63, 3.8) is 0 Å². The molecule has 1 aliphatic rings. The molecule has 2 heterocycles. The Morgan fingerprint density at radius 1 is 1.56 bits per heavy atom. The van der Waals surface area contributed by atoms with Crippen LogP contribution in [0, 0.1) is 5.92 Å². The second-order valence-corrected chi connectivity index (χ2v) is 4.78. The summed E-state index contributed by atoms with van der Waals surface area (Å²) in [6.45, 7) is 3.88. The van der Waals surface area contributed by atoms with Crippen molar-refractivity contribution in [3.05, 3.63) is 12.3 Å². The Kier molecular flexibility index (Phi) is 4.36. The average molecular weight is 250 g/mol. The zero-order chi connectivity index (χ0) is 13.0. The predicted octanol–water partition coefficient (Wildman–Crippen LogP) is 1.44. The first kappa shape index (κ1) is 13.1. The van der Waals surface area contributed by atoms with E-state index >= 15 is 0 Å². The second-order valence-electron chi connectivity index (χ2n) is 4.78. The third-order valence-corrected chi connectivity index (χ3v) is 3.76. The lowest BCUT2D eigenvalue weighted by Gasteiger charge is -2.38. The summed E-state index contributed by atoms with van der Waals surface area (Å²) in [5.74, 6) is 2.12. The number of aromatic nitrogens is 2. The lowest BCUT2D eigenvalue weighted by molar-refractivity contribution is 0.331. The molecular formula is C13H22N4O. The molecule has 2 atom stereocenters. The normalized spacial score (nSPS) is 24.1. The Balaban J connectivity index is 2.15. The van der Waals surface area contributed by atoms with E-state index in [1.54, 1.807) is 19.4 Å². The van der Waals surface area contributed by atoms with E-state index in [-0.39, 0.29) is 0 Å². The monoisotopic (exact) mass is 250 g/mol. The Morgan fingerprint density at radius 3 is 3.06 bits per heavy atom. The lowest BCUT2D eigenvalue weighted by atomic mass is 9.89. The van der Waals surface area contributed by atoms with E-state index < -0.39 is 0 Å². The standard InChI is InChI=1S/C13H22N4O/c1-3-10-5-7-17(11(8-10)9-14)13-15-6-4-12(16-13)18-2/h4,6,10-11H,3,5,7-9,14H2,1-2H3. The minimum absolute atomic E-state index is 0.343. The van der Waals surface area contributed by atoms with Gasteiger partial charge in [0.2, 0.25) is 11.8 Å². The molecule has 0 aliphatic carbocycles. The molecule has 100 valence electrons. The molecule has 0 amide bonds. The Hall–Kier alpha value is -1.36. The van der Waals surface area contributed by atoms with Gasteiger partial charge in [-0.25, -0.2) is 4.98 Å². The maximum atomic E-state index is 5.89. The minimum atomic E-state index is 0.343. The molecule has 1 fully saturated rings. The topological polar surface area (TPSA) is 64.3 Å². The second kappa shape index (κ2) is 6.00. The molecule has 18 heavy (non-hydrogen) atoms. The van der Waals surface area contributed by atoms with Crippen LogP contribution < -0.4 is 15.4 Å². The highest BCUT2D eigenvalue weighted by atomic mass is 16.5. The van der Waals surface area contributed by atoms with Crippen molar-refractivity contribution in [2.75, 3.05) is 25.1 Å². The van der Waals surface area contributed by atoms with Gasteiger partial charge in [-0.2, -0.15) is 4.98 Å². The van der Waals surface area contributed by atoms with E-state index in [0.717, 1.165) is 24.8 Å². The summed E-state index contributed by atoms with van der Waals surface area (Å²) in [5.41, 5.74) is 5.89. The van der Waals surface area contributed by atoms with Gasteiger partial charge in [0.1, 0.15) is 0 Å². The molecule has 1 aliphatic heterocycles. The van der Waals surface area contributed by atoms with E-state index in [4.69, 9.17) is 10.5 Å². The van der Waals surface area contributed by atoms with Crippen LogP contribution in [0.25, 0.3) is 0 Å². The van der Waals surface area contributed by atoms with Crippen LogP contribution in [0.3, 0.4) is 0 Å². The summed E-state index contributed by atoms with van der Waals surface area (Å²) < 4.78 is 5.15. The lowest BCUT2D eigenvalue weighted by Crippen LogP contribution is -2.47. The molecule has 0 bridgehead atoms. The molecule has 1 saturated heterocycles. The van der Waals surface area contributed by atoms with E-state index in [1.807, 2.05) is 0 Å². The van der Waals surface area contributed by atoms with Gasteiger partial charge in [-0.3, -0.25) is 0 Å². The van der Waals surface area contributed by atoms with Crippen molar-refractivity contribution in [2.45, 2.75) is 32.2 Å². The fourth-order valence-corrected chi connectivity index (χ4v) is 2.58. The molecule has 0 saturated carbocycles. The van der Waals surface area contributed by atoms with Gasteiger partial charge in [0.05, 0.1) is 7.11 Å². The van der Waals surface area contributed by atoms with Gasteiger partial charge in [0.25, 0.3) is 0 Å². The Morgan fingerprint density at radius 2 is 2.39 bits per heavy atom. The molecule has 5 nitrogen and oxygen atoms in total. The van der Waals surface area contributed by atoms with Gasteiger partial charge in [-0.15, -0.1) is 0 Å². The van der Waals surface area contributed by atoms with Gasteiger partial charge in [0.15, 0.2) is 0 Å². The van der Waals surface area contributed by atoms with Crippen LogP contribution in [0.1, 0.15) is 26.2 Å².